The molecule has 1 aromatic heterocycles. The van der Waals surface area contributed by atoms with E-state index >= 15 is 0 Å². The smallest absolute Gasteiger partial charge is 0.242 e. The van der Waals surface area contributed by atoms with Crippen molar-refractivity contribution in [2.45, 2.75) is 11.4 Å². The Morgan fingerprint density at radius 2 is 2.24 bits per heavy atom. The van der Waals surface area contributed by atoms with Gasteiger partial charge in [-0.25, -0.2) is 22.5 Å². The van der Waals surface area contributed by atoms with Crippen molar-refractivity contribution in [2.24, 2.45) is 5.73 Å². The van der Waals surface area contributed by atoms with Crippen molar-refractivity contribution in [2.75, 3.05) is 6.54 Å². The minimum atomic E-state index is -3.81. The molecule has 1 aromatic carbocycles. The maximum absolute atomic E-state index is 13.2. The average molecular weight is 325 g/mol. The van der Waals surface area contributed by atoms with Crippen LogP contribution in [0.4, 0.5) is 4.39 Å². The Kier molecular flexibility index (Phi) is 5.03. The van der Waals surface area contributed by atoms with Gasteiger partial charge in [-0.2, -0.15) is 0 Å². The van der Waals surface area contributed by atoms with Gasteiger partial charge in [0.15, 0.2) is 0 Å². The lowest BCUT2D eigenvalue weighted by Gasteiger charge is -2.07. The molecule has 0 aliphatic heterocycles. The van der Waals surface area contributed by atoms with Gasteiger partial charge in [-0.15, -0.1) is 11.3 Å². The molecule has 0 amide bonds. The molecule has 0 spiro atoms. The third-order valence-electron chi connectivity index (χ3n) is 2.48. The largest absolute Gasteiger partial charge is 0.320 e. The second kappa shape index (κ2) is 6.78. The number of thiazole rings is 1. The fourth-order valence-electron chi connectivity index (χ4n) is 1.55. The standard InChI is InChI=1S/C13H12FN3O2S2/c14-11-3-4-13(10(6-11)2-1-5-15)21(18,19)17-7-12-8-20-9-16-12/h3-4,6,8-9,17H,5,7,15H2. The Labute approximate surface area is 126 Å². The van der Waals surface area contributed by atoms with Crippen LogP contribution in [0.15, 0.2) is 34.0 Å². The van der Waals surface area contributed by atoms with Crippen LogP contribution in [0.2, 0.25) is 0 Å². The molecule has 2 aromatic rings. The number of aromatic nitrogens is 1. The van der Waals surface area contributed by atoms with Gasteiger partial charge >= 0.3 is 0 Å². The van der Waals surface area contributed by atoms with Crippen molar-refractivity contribution in [3.05, 3.63) is 46.2 Å². The van der Waals surface area contributed by atoms with Gasteiger partial charge in [0.05, 0.1) is 29.2 Å². The molecule has 5 nitrogen and oxygen atoms in total. The molecule has 0 aliphatic rings. The van der Waals surface area contributed by atoms with Crippen LogP contribution in [-0.4, -0.2) is 19.9 Å². The Bertz CT molecular complexity index is 777. The average Bonchev–Trinajstić information content (AvgIpc) is 2.96. The number of benzene rings is 1. The zero-order valence-electron chi connectivity index (χ0n) is 10.8. The zero-order chi connectivity index (χ0) is 15.3. The van der Waals surface area contributed by atoms with E-state index in [9.17, 15) is 12.8 Å². The summed E-state index contributed by atoms with van der Waals surface area (Å²) < 4.78 is 40.2. The first-order valence-electron chi connectivity index (χ1n) is 5.88. The van der Waals surface area contributed by atoms with Crippen molar-refractivity contribution >= 4 is 21.4 Å². The summed E-state index contributed by atoms with van der Waals surface area (Å²) in [6.07, 6.45) is 0. The summed E-state index contributed by atoms with van der Waals surface area (Å²) in [5, 5.41) is 1.74. The van der Waals surface area contributed by atoms with E-state index in [1.54, 1.807) is 10.9 Å². The van der Waals surface area contributed by atoms with Crippen LogP contribution >= 0.6 is 11.3 Å². The Balaban J connectivity index is 2.30. The molecule has 110 valence electrons. The fraction of sp³-hybridized carbons (Fsp3) is 0.154. The number of nitrogens with zero attached hydrogens (tertiary/aromatic N) is 1. The van der Waals surface area contributed by atoms with E-state index in [0.29, 0.717) is 5.69 Å². The molecule has 1 heterocycles. The van der Waals surface area contributed by atoms with Crippen molar-refractivity contribution in [3.8, 4) is 11.8 Å². The molecule has 0 bridgehead atoms. The van der Waals surface area contributed by atoms with Gasteiger partial charge in [0.1, 0.15) is 5.82 Å². The number of nitrogens with one attached hydrogen (secondary N) is 1. The van der Waals surface area contributed by atoms with Crippen LogP contribution in [0.5, 0.6) is 0 Å². The topological polar surface area (TPSA) is 85.1 Å². The molecule has 0 unspecified atom stereocenters. The summed E-state index contributed by atoms with van der Waals surface area (Å²) in [5.41, 5.74) is 7.55. The highest BCUT2D eigenvalue weighted by Crippen LogP contribution is 2.16. The highest BCUT2D eigenvalue weighted by Gasteiger charge is 2.18. The minimum absolute atomic E-state index is 0.0578. The van der Waals surface area contributed by atoms with Gasteiger partial charge in [-0.1, -0.05) is 11.8 Å². The van der Waals surface area contributed by atoms with Gasteiger partial charge in [-0.3, -0.25) is 0 Å². The van der Waals surface area contributed by atoms with Crippen LogP contribution in [0, 0.1) is 17.7 Å². The molecule has 2 rings (SSSR count). The Morgan fingerprint density at radius 1 is 1.43 bits per heavy atom. The fourth-order valence-corrected chi connectivity index (χ4v) is 3.25. The van der Waals surface area contributed by atoms with Crippen LogP contribution in [0.1, 0.15) is 11.3 Å². The van der Waals surface area contributed by atoms with Gasteiger partial charge in [-0.05, 0) is 18.2 Å². The summed E-state index contributed by atoms with van der Waals surface area (Å²) in [5.74, 6) is 4.53. The first kappa shape index (κ1) is 15.6. The van der Waals surface area contributed by atoms with Gasteiger partial charge in [0.2, 0.25) is 10.0 Å². The SMILES string of the molecule is NCC#Cc1cc(F)ccc1S(=O)(=O)NCc1cscn1. The van der Waals surface area contributed by atoms with Crippen molar-refractivity contribution in [3.63, 3.8) is 0 Å². The lowest BCUT2D eigenvalue weighted by atomic mass is 10.2. The molecule has 0 aliphatic carbocycles. The van der Waals surface area contributed by atoms with E-state index in [1.807, 2.05) is 0 Å². The van der Waals surface area contributed by atoms with Crippen molar-refractivity contribution in [1.29, 1.82) is 0 Å². The third-order valence-corrected chi connectivity index (χ3v) is 4.58. The summed E-state index contributed by atoms with van der Waals surface area (Å²) in [4.78, 5) is 3.90. The zero-order valence-corrected chi connectivity index (χ0v) is 12.5. The molecule has 0 saturated carbocycles. The van der Waals surface area contributed by atoms with Crippen molar-refractivity contribution in [1.82, 2.24) is 9.71 Å². The minimum Gasteiger partial charge on any atom is -0.320 e. The van der Waals surface area contributed by atoms with Gasteiger partial charge < -0.3 is 5.73 Å². The maximum atomic E-state index is 13.2. The summed E-state index contributed by atoms with van der Waals surface area (Å²) in [6, 6.07) is 3.32. The molecular weight excluding hydrogens is 313 g/mol. The molecule has 3 N–H and O–H groups in total. The highest BCUT2D eigenvalue weighted by molar-refractivity contribution is 7.89. The summed E-state index contributed by atoms with van der Waals surface area (Å²) in [6.45, 7) is 0.120. The van der Waals surface area contributed by atoms with Crippen LogP contribution in [0.25, 0.3) is 0 Å². The van der Waals surface area contributed by atoms with E-state index in [1.165, 1.54) is 17.4 Å². The molecule has 0 saturated heterocycles. The number of nitrogens with two attached hydrogens (primary N) is 1. The molecular formula is C13H12FN3O2S2. The third kappa shape index (κ3) is 4.09. The van der Waals surface area contributed by atoms with E-state index in [2.05, 4.69) is 21.5 Å². The van der Waals surface area contributed by atoms with E-state index in [4.69, 9.17) is 5.73 Å². The highest BCUT2D eigenvalue weighted by atomic mass is 32.2. The van der Waals surface area contributed by atoms with Crippen LogP contribution < -0.4 is 10.5 Å². The Hall–Kier alpha value is -1.79. The normalized spacial score (nSPS) is 11.0. The van der Waals surface area contributed by atoms with E-state index < -0.39 is 15.8 Å². The quantitative estimate of drug-likeness (QED) is 0.824. The lowest BCUT2D eigenvalue weighted by Crippen LogP contribution is -2.24. The lowest BCUT2D eigenvalue weighted by molar-refractivity contribution is 0.579. The molecule has 0 atom stereocenters. The maximum Gasteiger partial charge on any atom is 0.242 e. The van der Waals surface area contributed by atoms with Gasteiger partial charge in [0.25, 0.3) is 0 Å². The molecule has 0 radical (unpaired) electrons. The first-order valence-corrected chi connectivity index (χ1v) is 8.31. The van der Waals surface area contributed by atoms with Crippen LogP contribution in [-0.2, 0) is 16.6 Å². The molecule has 21 heavy (non-hydrogen) atoms. The predicted molar refractivity (Wildman–Crippen MR) is 78.5 cm³/mol. The van der Waals surface area contributed by atoms with Crippen LogP contribution in [0.3, 0.4) is 0 Å². The second-order valence-corrected chi connectivity index (χ2v) is 6.40. The number of sulfonamides is 1. The molecule has 8 heteroatoms. The number of halogens is 1. The van der Waals surface area contributed by atoms with Gasteiger partial charge in [0, 0.05) is 10.9 Å². The van der Waals surface area contributed by atoms with E-state index in [0.717, 1.165) is 12.1 Å². The summed E-state index contributed by atoms with van der Waals surface area (Å²) in [7, 11) is -3.81. The first-order chi connectivity index (χ1) is 10.0. The second-order valence-electron chi connectivity index (χ2n) is 3.95. The number of rotatable bonds is 4. The monoisotopic (exact) mass is 325 g/mol. The predicted octanol–water partition coefficient (Wildman–Crippen LogP) is 1.07. The number of hydrogen-bond donors (Lipinski definition) is 2. The molecule has 0 fully saturated rings. The number of hydrogen-bond acceptors (Lipinski definition) is 5. The van der Waals surface area contributed by atoms with E-state index in [-0.39, 0.29) is 23.5 Å². The van der Waals surface area contributed by atoms with Crippen molar-refractivity contribution < 1.29 is 12.8 Å². The summed E-state index contributed by atoms with van der Waals surface area (Å²) >= 11 is 1.37. The Morgan fingerprint density at radius 3 is 2.90 bits per heavy atom.